The van der Waals surface area contributed by atoms with Crippen LogP contribution in [0.15, 0.2) is 0 Å². The summed E-state index contributed by atoms with van der Waals surface area (Å²) in [6.45, 7) is 9.95. The van der Waals surface area contributed by atoms with Crippen LogP contribution in [0.2, 0.25) is 0 Å². The van der Waals surface area contributed by atoms with Crippen LogP contribution in [0, 0.1) is 20.8 Å². The Morgan fingerprint density at radius 1 is 1.38 bits per heavy atom. The third kappa shape index (κ3) is 3.29. The molecule has 1 atom stereocenters. The topological polar surface area (TPSA) is 88.5 Å². The second-order valence-corrected chi connectivity index (χ2v) is 5.23. The maximum atomic E-state index is 12.1. The molecule has 0 aliphatic rings. The van der Waals surface area contributed by atoms with E-state index in [-0.39, 0.29) is 18.5 Å². The van der Waals surface area contributed by atoms with E-state index >= 15 is 0 Å². The Kier molecular flexibility index (Phi) is 4.40. The molecule has 0 unspecified atom stereocenters. The molecule has 1 amide bonds. The first kappa shape index (κ1) is 15.2. The van der Waals surface area contributed by atoms with Crippen molar-refractivity contribution >= 4 is 5.91 Å². The van der Waals surface area contributed by atoms with Gasteiger partial charge in [-0.15, -0.1) is 0 Å². The zero-order chi connectivity index (χ0) is 15.6. The number of nitrogens with zero attached hydrogens (tertiary/aromatic N) is 4. The van der Waals surface area contributed by atoms with Gasteiger partial charge in [-0.2, -0.15) is 10.2 Å². The van der Waals surface area contributed by atoms with Crippen LogP contribution in [-0.2, 0) is 17.8 Å². The van der Waals surface area contributed by atoms with Crippen molar-refractivity contribution in [2.45, 2.75) is 53.6 Å². The van der Waals surface area contributed by atoms with Gasteiger partial charge in [-0.25, -0.2) is 4.98 Å². The van der Waals surface area contributed by atoms with Crippen molar-refractivity contribution in [2.24, 2.45) is 0 Å². The molecule has 0 radical (unpaired) electrons. The highest BCUT2D eigenvalue weighted by atomic mass is 16.2. The standard InChI is InChI=1S/C14H22N6O/c1-6-12-8(2)19-20(10(12)4)7-13(21)15-9(3)14-16-11(5)17-18-14/h9H,6-7H2,1-5H3,(H,15,21)(H,16,17,18)/t9-/m1/s1. The minimum atomic E-state index is -0.231. The van der Waals surface area contributed by atoms with Gasteiger partial charge in [-0.1, -0.05) is 6.92 Å². The van der Waals surface area contributed by atoms with Gasteiger partial charge in [-0.05, 0) is 39.7 Å². The number of hydrogen-bond donors (Lipinski definition) is 2. The van der Waals surface area contributed by atoms with Crippen molar-refractivity contribution in [1.82, 2.24) is 30.3 Å². The summed E-state index contributed by atoms with van der Waals surface area (Å²) < 4.78 is 1.75. The molecule has 21 heavy (non-hydrogen) atoms. The number of amides is 1. The molecular weight excluding hydrogens is 268 g/mol. The summed E-state index contributed by atoms with van der Waals surface area (Å²) in [4.78, 5) is 16.3. The SMILES string of the molecule is CCc1c(C)nn(CC(=O)N[C@H](C)c2n[nH]c(C)n2)c1C. The number of carbonyl (C=O) groups excluding carboxylic acids is 1. The number of H-pyrrole nitrogens is 1. The van der Waals surface area contributed by atoms with E-state index in [2.05, 4.69) is 32.5 Å². The van der Waals surface area contributed by atoms with Gasteiger partial charge in [0, 0.05) is 5.69 Å². The molecule has 0 saturated heterocycles. The van der Waals surface area contributed by atoms with E-state index in [4.69, 9.17) is 0 Å². The second kappa shape index (κ2) is 6.07. The molecule has 0 saturated carbocycles. The van der Waals surface area contributed by atoms with Crippen LogP contribution < -0.4 is 5.32 Å². The predicted octanol–water partition coefficient (Wildman–Crippen LogP) is 1.37. The molecule has 2 rings (SSSR count). The largest absolute Gasteiger partial charge is 0.345 e. The van der Waals surface area contributed by atoms with Crippen molar-refractivity contribution in [3.05, 3.63) is 28.6 Å². The summed E-state index contributed by atoms with van der Waals surface area (Å²) >= 11 is 0. The maximum absolute atomic E-state index is 12.1. The van der Waals surface area contributed by atoms with Gasteiger partial charge in [-0.3, -0.25) is 14.6 Å². The fraction of sp³-hybridized carbons (Fsp3) is 0.571. The normalized spacial score (nSPS) is 12.4. The summed E-state index contributed by atoms with van der Waals surface area (Å²) in [6.07, 6.45) is 0.923. The van der Waals surface area contributed by atoms with Crippen LogP contribution >= 0.6 is 0 Å². The summed E-state index contributed by atoms with van der Waals surface area (Å²) in [5.41, 5.74) is 3.24. The van der Waals surface area contributed by atoms with E-state index in [0.29, 0.717) is 5.82 Å². The average molecular weight is 290 g/mol. The lowest BCUT2D eigenvalue weighted by atomic mass is 10.1. The summed E-state index contributed by atoms with van der Waals surface area (Å²) in [5.74, 6) is 1.22. The molecule has 2 N–H and O–H groups in total. The van der Waals surface area contributed by atoms with E-state index in [9.17, 15) is 4.79 Å². The molecule has 0 aromatic carbocycles. The molecule has 2 heterocycles. The number of carbonyl (C=O) groups is 1. The van der Waals surface area contributed by atoms with Crippen molar-refractivity contribution in [3.63, 3.8) is 0 Å². The molecule has 0 aliphatic carbocycles. The number of aromatic nitrogens is 5. The Morgan fingerprint density at radius 3 is 2.62 bits per heavy atom. The van der Waals surface area contributed by atoms with Crippen LogP contribution in [0.5, 0.6) is 0 Å². The second-order valence-electron chi connectivity index (χ2n) is 5.23. The van der Waals surface area contributed by atoms with E-state index in [0.717, 1.165) is 23.6 Å². The Hall–Kier alpha value is -2.18. The minimum absolute atomic E-state index is 0.0989. The van der Waals surface area contributed by atoms with Crippen molar-refractivity contribution in [3.8, 4) is 0 Å². The number of rotatable bonds is 5. The molecule has 0 aliphatic heterocycles. The van der Waals surface area contributed by atoms with Crippen LogP contribution in [-0.4, -0.2) is 30.9 Å². The number of nitrogens with one attached hydrogen (secondary N) is 2. The lowest BCUT2D eigenvalue weighted by Crippen LogP contribution is -2.31. The molecule has 7 heteroatoms. The molecule has 0 spiro atoms. The Labute approximate surface area is 124 Å². The van der Waals surface area contributed by atoms with Gasteiger partial charge in [0.25, 0.3) is 0 Å². The van der Waals surface area contributed by atoms with E-state index < -0.39 is 0 Å². The molecular formula is C14H22N6O. The molecule has 0 bridgehead atoms. The first-order valence-electron chi connectivity index (χ1n) is 7.13. The monoisotopic (exact) mass is 290 g/mol. The van der Waals surface area contributed by atoms with Gasteiger partial charge < -0.3 is 5.32 Å². The molecule has 7 nitrogen and oxygen atoms in total. The third-order valence-corrected chi connectivity index (χ3v) is 3.56. The Balaban J connectivity index is 2.02. The van der Waals surface area contributed by atoms with Crippen molar-refractivity contribution in [1.29, 1.82) is 0 Å². The molecule has 0 fully saturated rings. The van der Waals surface area contributed by atoms with E-state index in [1.807, 2.05) is 27.7 Å². The minimum Gasteiger partial charge on any atom is -0.345 e. The van der Waals surface area contributed by atoms with Gasteiger partial charge in [0.2, 0.25) is 5.91 Å². The molecule has 2 aromatic rings. The third-order valence-electron chi connectivity index (χ3n) is 3.56. The van der Waals surface area contributed by atoms with E-state index in [1.165, 1.54) is 5.56 Å². The summed E-state index contributed by atoms with van der Waals surface area (Å²) in [6, 6.07) is -0.231. The lowest BCUT2D eigenvalue weighted by molar-refractivity contribution is -0.122. The fourth-order valence-electron chi connectivity index (χ4n) is 2.44. The van der Waals surface area contributed by atoms with Crippen molar-refractivity contribution in [2.75, 3.05) is 0 Å². The highest BCUT2D eigenvalue weighted by molar-refractivity contribution is 5.76. The molecule has 2 aromatic heterocycles. The van der Waals surface area contributed by atoms with Gasteiger partial charge in [0.15, 0.2) is 5.82 Å². The van der Waals surface area contributed by atoms with Gasteiger partial charge in [0.1, 0.15) is 12.4 Å². The van der Waals surface area contributed by atoms with Gasteiger partial charge in [0.05, 0.1) is 11.7 Å². The first-order chi connectivity index (χ1) is 9.92. The summed E-state index contributed by atoms with van der Waals surface area (Å²) in [7, 11) is 0. The van der Waals surface area contributed by atoms with Crippen LogP contribution in [0.25, 0.3) is 0 Å². The number of hydrogen-bond acceptors (Lipinski definition) is 4. The molecule has 114 valence electrons. The highest BCUT2D eigenvalue weighted by Crippen LogP contribution is 2.13. The smallest absolute Gasteiger partial charge is 0.242 e. The summed E-state index contributed by atoms with van der Waals surface area (Å²) in [5, 5.41) is 14.1. The van der Waals surface area contributed by atoms with E-state index in [1.54, 1.807) is 4.68 Å². The Morgan fingerprint density at radius 2 is 2.10 bits per heavy atom. The van der Waals surface area contributed by atoms with Crippen LogP contribution in [0.3, 0.4) is 0 Å². The van der Waals surface area contributed by atoms with Crippen LogP contribution in [0.4, 0.5) is 0 Å². The predicted molar refractivity (Wildman–Crippen MR) is 78.8 cm³/mol. The number of aromatic amines is 1. The number of aryl methyl sites for hydroxylation is 2. The first-order valence-corrected chi connectivity index (χ1v) is 7.13. The fourth-order valence-corrected chi connectivity index (χ4v) is 2.44. The Bertz CT molecular complexity index is 642. The highest BCUT2D eigenvalue weighted by Gasteiger charge is 2.16. The zero-order valence-electron chi connectivity index (χ0n) is 13.2. The quantitative estimate of drug-likeness (QED) is 0.870. The van der Waals surface area contributed by atoms with Gasteiger partial charge >= 0.3 is 0 Å². The lowest BCUT2D eigenvalue weighted by Gasteiger charge is -2.11. The average Bonchev–Trinajstić information content (AvgIpc) is 2.95. The van der Waals surface area contributed by atoms with Crippen LogP contribution in [0.1, 0.15) is 48.5 Å². The zero-order valence-corrected chi connectivity index (χ0v) is 13.2. The maximum Gasteiger partial charge on any atom is 0.242 e. The van der Waals surface area contributed by atoms with Crippen molar-refractivity contribution < 1.29 is 4.79 Å².